The maximum Gasteiger partial charge on any atom is 0.460 e. The highest BCUT2D eigenvalue weighted by atomic mass is 31.3. The molecule has 6 aromatic carbocycles. The Balaban J connectivity index is 1.57. The van der Waals surface area contributed by atoms with Gasteiger partial charge in [-0.3, -0.25) is 28.8 Å². The Kier molecular flexibility index (Phi) is 19.7. The highest BCUT2D eigenvalue weighted by molar-refractivity contribution is 7.79. The normalized spacial score (nSPS) is 14.2. The summed E-state index contributed by atoms with van der Waals surface area (Å²) in [5, 5.41) is 16.6. The number of carbonyl (C=O) groups excluding carboxylic acids is 6. The van der Waals surface area contributed by atoms with E-state index in [-0.39, 0.29) is 73.6 Å². The molecule has 6 aromatic rings. The predicted octanol–water partition coefficient (Wildman–Crippen LogP) is 15.4. The van der Waals surface area contributed by atoms with Gasteiger partial charge in [-0.1, -0.05) is 59.1 Å². The molecule has 24 heteroatoms. The van der Waals surface area contributed by atoms with Crippen LogP contribution in [-0.2, 0) is 28.8 Å². The first-order chi connectivity index (χ1) is 39.8. The molecule has 1 atom stereocenters. The monoisotopic (exact) mass is 1190 g/mol. The second-order valence-electron chi connectivity index (χ2n) is 18.8. The molecule has 0 saturated heterocycles. The van der Waals surface area contributed by atoms with E-state index in [1.165, 1.54) is 66.7 Å². The lowest BCUT2D eigenvalue weighted by Gasteiger charge is -2.33. The van der Waals surface area contributed by atoms with E-state index in [2.05, 4.69) is 71.4 Å². The number of amides is 6. The number of nitrogens with one attached hydrogen (secondary N) is 6. The third kappa shape index (κ3) is 17.1. The van der Waals surface area contributed by atoms with Gasteiger partial charge in [0.05, 0.1) is 0 Å². The van der Waals surface area contributed by atoms with Crippen molar-refractivity contribution in [1.82, 2.24) is 0 Å². The molecule has 0 radical (unpaired) electrons. The molecule has 6 N–H and O–H groups in total. The lowest BCUT2D eigenvalue weighted by Crippen LogP contribution is -2.13. The van der Waals surface area contributed by atoms with Gasteiger partial charge in [0.25, 0.3) is 35.4 Å². The van der Waals surface area contributed by atoms with Gasteiger partial charge in [0.1, 0.15) is 34.5 Å². The van der Waals surface area contributed by atoms with Crippen LogP contribution < -0.4 is 59.0 Å². The number of hydrogen-bond donors (Lipinski definition) is 6. The Morgan fingerprint density at radius 3 is 0.679 bits per heavy atom. The lowest BCUT2D eigenvalue weighted by atomic mass is 10.2. The van der Waals surface area contributed by atoms with Crippen LogP contribution in [0, 0.1) is 0 Å². The fraction of sp³-hybridized carbons (Fsp3) is 0.100. The van der Waals surface area contributed by atoms with Gasteiger partial charge in [0.15, 0.2) is 0 Å². The maximum absolute atomic E-state index is 13.0. The third-order valence-electron chi connectivity index (χ3n) is 11.0. The van der Waals surface area contributed by atoms with E-state index in [1.807, 2.05) is 0 Å². The van der Waals surface area contributed by atoms with Crippen LogP contribution in [0.15, 0.2) is 232 Å². The molecule has 1 unspecified atom stereocenters. The van der Waals surface area contributed by atoms with Gasteiger partial charge in [-0.25, -0.2) is 0 Å². The number of anilines is 6. The van der Waals surface area contributed by atoms with Crippen molar-refractivity contribution in [2.24, 2.45) is 13.5 Å². The molecule has 0 aromatic heterocycles. The Morgan fingerprint density at radius 1 is 0.286 bits per heavy atom. The molecular formula is C60H60N9O12P3. The van der Waals surface area contributed by atoms with E-state index >= 15 is 0 Å². The molecule has 0 fully saturated rings. The standard InChI is InChI=1S/C60H60N9O12P3/c1-37(2)55(70)61-43-16-26-49(27-17-43)76-82(77-50-28-18-44(19-29-50)62-56(71)38(3)4)67-83(78-51-30-20-45(21-31-51)63-57(72)39(5)6,79-52-32-22-46(23-33-52)64-58(73)40(7)8)69-84(68-82,80-53-34-24-47(25-35-53)65-59(74)41(9)10)81-54-15-13-14-48(36-54)66-60(75)42(11)12/h13-36H,1,3,5,7,9,11H2,2,4,6,8,10,12H3,(H,61,70)(H,62,71)(H,63,72)(H,64,73)(H,65,74)(H,66,75). The summed E-state index contributed by atoms with van der Waals surface area (Å²) in [6, 6.07) is 37.1. The Morgan fingerprint density at radius 2 is 0.476 bits per heavy atom. The average Bonchev–Trinajstić information content (AvgIpc) is 1.00. The highest BCUT2D eigenvalue weighted by Gasteiger charge is 2.49. The molecule has 1 aliphatic heterocycles. The largest absolute Gasteiger partial charge is 0.460 e. The van der Waals surface area contributed by atoms with Crippen LogP contribution in [0.1, 0.15) is 41.5 Å². The third-order valence-corrected chi connectivity index (χ3v) is 19.1. The van der Waals surface area contributed by atoms with Gasteiger partial charge < -0.3 is 59.0 Å². The molecule has 7 rings (SSSR count). The van der Waals surface area contributed by atoms with Crippen molar-refractivity contribution in [3.8, 4) is 34.5 Å². The van der Waals surface area contributed by atoms with E-state index in [4.69, 9.17) is 40.7 Å². The molecule has 21 nitrogen and oxygen atoms in total. The van der Waals surface area contributed by atoms with E-state index < -0.39 is 58.4 Å². The van der Waals surface area contributed by atoms with Gasteiger partial charge in [-0.15, -0.1) is 0 Å². The Labute approximate surface area is 486 Å². The summed E-state index contributed by atoms with van der Waals surface area (Å²) in [7, 11) is -13.9. The van der Waals surface area contributed by atoms with E-state index in [1.54, 1.807) is 120 Å². The first kappa shape index (κ1) is 61.7. The van der Waals surface area contributed by atoms with Gasteiger partial charge in [-0.05, 0) is 175 Å². The molecule has 6 amide bonds. The van der Waals surface area contributed by atoms with E-state index in [9.17, 15) is 28.8 Å². The zero-order valence-electron chi connectivity index (χ0n) is 46.7. The van der Waals surface area contributed by atoms with Gasteiger partial charge in [0, 0.05) is 73.6 Å². The number of hydrogen-bond acceptors (Lipinski definition) is 15. The number of carbonyl (C=O) groups is 6. The zero-order chi connectivity index (χ0) is 60.9. The number of benzene rings is 6. The summed E-state index contributed by atoms with van der Waals surface area (Å²) in [4.78, 5) is 76.8. The van der Waals surface area contributed by atoms with E-state index in [0.717, 1.165) is 0 Å². The first-order valence-electron chi connectivity index (χ1n) is 25.3. The molecule has 1 aliphatic rings. The average molecular weight is 1190 g/mol. The fourth-order valence-corrected chi connectivity index (χ4v) is 15.7. The van der Waals surface area contributed by atoms with E-state index in [0.29, 0.717) is 28.4 Å². The molecule has 0 aliphatic carbocycles. The van der Waals surface area contributed by atoms with Crippen molar-refractivity contribution in [3.05, 3.63) is 219 Å². The summed E-state index contributed by atoms with van der Waals surface area (Å²) in [5.74, 6) is -2.25. The van der Waals surface area contributed by atoms with Crippen molar-refractivity contribution >= 4 is 92.5 Å². The number of rotatable bonds is 24. The minimum absolute atomic E-state index is 0.0317. The smallest absolute Gasteiger partial charge is 0.413 e. The topological polar surface area (TPSA) is 267 Å². The summed E-state index contributed by atoms with van der Waals surface area (Å²) in [5.41, 5.74) is 3.65. The molecule has 0 saturated carbocycles. The van der Waals surface area contributed by atoms with Gasteiger partial charge in [-0.2, -0.15) is 0 Å². The van der Waals surface area contributed by atoms with Crippen LogP contribution in [0.5, 0.6) is 34.5 Å². The molecule has 84 heavy (non-hydrogen) atoms. The highest BCUT2D eigenvalue weighted by Crippen LogP contribution is 2.78. The first-order valence-corrected chi connectivity index (χ1v) is 29.9. The maximum atomic E-state index is 13.0. The summed E-state index contributed by atoms with van der Waals surface area (Å²) in [6.07, 6.45) is 0. The molecule has 0 bridgehead atoms. The second-order valence-corrected chi connectivity index (χ2v) is 25.0. The Hall–Kier alpha value is -9.93. The van der Waals surface area contributed by atoms with Crippen LogP contribution in [0.25, 0.3) is 0 Å². The molecule has 1 heterocycles. The summed E-state index contributed by atoms with van der Waals surface area (Å²) in [6.45, 7) is 31.8. The van der Waals surface area contributed by atoms with Crippen LogP contribution in [0.2, 0.25) is 0 Å². The van der Waals surface area contributed by atoms with Crippen molar-refractivity contribution < 1.29 is 55.9 Å². The predicted molar refractivity (Wildman–Crippen MR) is 331 cm³/mol. The lowest BCUT2D eigenvalue weighted by molar-refractivity contribution is -0.113. The minimum atomic E-state index is -4.66. The van der Waals surface area contributed by atoms with Crippen LogP contribution in [0.4, 0.5) is 34.1 Å². The SMILES string of the molecule is C=C(C)C(=O)Nc1ccc(OP2(Oc3ccc(NC(=O)C(=C)C)cc3)=NP(Oc3ccc(NC(=O)C(=C)C)cc3)(Oc3ccc(NC(=O)C(=C)C)cc3)=NP(Oc3ccc(NC(=O)C(=C)C)cc3)(Oc3cccc(NC(=O)C(=C)C)c3)=N2)cc1. The number of nitrogens with zero attached hydrogens (tertiary/aromatic N) is 3. The zero-order valence-corrected chi connectivity index (χ0v) is 49.4. The van der Waals surface area contributed by atoms with Gasteiger partial charge in [0.2, 0.25) is 0 Å². The second kappa shape index (κ2) is 26.8. The van der Waals surface area contributed by atoms with Crippen molar-refractivity contribution in [1.29, 1.82) is 0 Å². The fourth-order valence-electron chi connectivity index (χ4n) is 6.63. The van der Waals surface area contributed by atoms with Crippen LogP contribution in [0.3, 0.4) is 0 Å². The quantitative estimate of drug-likeness (QED) is 0.0244. The van der Waals surface area contributed by atoms with Crippen molar-refractivity contribution in [3.63, 3.8) is 0 Å². The molecule has 432 valence electrons. The minimum Gasteiger partial charge on any atom is -0.413 e. The van der Waals surface area contributed by atoms with Crippen LogP contribution in [-0.4, -0.2) is 35.4 Å². The van der Waals surface area contributed by atoms with Crippen molar-refractivity contribution in [2.45, 2.75) is 41.5 Å². The molecular weight excluding hydrogens is 1130 g/mol. The van der Waals surface area contributed by atoms with Crippen molar-refractivity contribution in [2.75, 3.05) is 31.9 Å². The summed E-state index contributed by atoms with van der Waals surface area (Å²) < 4.78 is 57.7. The van der Waals surface area contributed by atoms with Gasteiger partial charge >= 0.3 is 23.0 Å². The van der Waals surface area contributed by atoms with Crippen LogP contribution >= 0.6 is 23.0 Å². The summed E-state index contributed by atoms with van der Waals surface area (Å²) >= 11 is 0. The molecule has 0 spiro atoms. The Bertz CT molecular complexity index is 3540.